The van der Waals surface area contributed by atoms with E-state index in [4.69, 9.17) is 4.74 Å². The molecular weight excluding hydrogens is 280 g/mol. The summed E-state index contributed by atoms with van der Waals surface area (Å²) in [6, 6.07) is 9.63. The van der Waals surface area contributed by atoms with E-state index in [2.05, 4.69) is 15.3 Å². The van der Waals surface area contributed by atoms with Crippen LogP contribution in [0, 0.1) is 6.92 Å². The van der Waals surface area contributed by atoms with Gasteiger partial charge in [0.25, 0.3) is 5.91 Å². The number of hydrogen-bond donors (Lipinski definition) is 1. The summed E-state index contributed by atoms with van der Waals surface area (Å²) in [6.45, 7) is 3.37. The van der Waals surface area contributed by atoms with Gasteiger partial charge in [-0.3, -0.25) is 4.79 Å². The number of nitrogens with zero attached hydrogens (tertiary/aromatic N) is 3. The van der Waals surface area contributed by atoms with Crippen LogP contribution in [0.25, 0.3) is 0 Å². The third-order valence-corrected chi connectivity index (χ3v) is 3.52. The molecule has 1 aromatic carbocycles. The zero-order chi connectivity index (χ0) is 15.4. The molecule has 0 atom stereocenters. The number of likely N-dealkylation sites (tertiary alicyclic amines) is 1. The smallest absolute Gasteiger partial charge is 0.260 e. The molecule has 1 aromatic heterocycles. The maximum Gasteiger partial charge on any atom is 0.260 e. The number of aryl methyl sites for hydroxylation is 1. The van der Waals surface area contributed by atoms with Gasteiger partial charge in [0.1, 0.15) is 5.75 Å². The topological polar surface area (TPSA) is 67.3 Å². The monoisotopic (exact) mass is 298 g/mol. The molecule has 1 aliphatic heterocycles. The molecule has 1 amide bonds. The lowest BCUT2D eigenvalue weighted by molar-refractivity contribution is -0.137. The van der Waals surface area contributed by atoms with Crippen molar-refractivity contribution in [2.75, 3.05) is 25.0 Å². The summed E-state index contributed by atoms with van der Waals surface area (Å²) in [5, 5.41) is 3.19. The molecule has 1 saturated heterocycles. The zero-order valence-corrected chi connectivity index (χ0v) is 12.4. The normalized spacial score (nSPS) is 14.3. The Bertz CT molecular complexity index is 624. The second-order valence-electron chi connectivity index (χ2n) is 5.31. The predicted octanol–water partition coefficient (Wildman–Crippen LogP) is 1.49. The van der Waals surface area contributed by atoms with Gasteiger partial charge in [0.15, 0.2) is 6.61 Å². The van der Waals surface area contributed by atoms with E-state index in [9.17, 15) is 4.79 Å². The Balaban J connectivity index is 1.41. The summed E-state index contributed by atoms with van der Waals surface area (Å²) >= 11 is 0. The molecule has 0 spiro atoms. The van der Waals surface area contributed by atoms with Crippen LogP contribution in [0.2, 0.25) is 0 Å². The summed E-state index contributed by atoms with van der Waals surface area (Å²) in [6.07, 6.45) is 3.37. The lowest BCUT2D eigenvalue weighted by Gasteiger charge is -2.39. The minimum Gasteiger partial charge on any atom is -0.484 e. The van der Waals surface area contributed by atoms with Crippen LogP contribution in [0.3, 0.4) is 0 Å². The van der Waals surface area contributed by atoms with Crippen LogP contribution >= 0.6 is 0 Å². The number of aromatic nitrogens is 2. The van der Waals surface area contributed by atoms with Crippen molar-refractivity contribution in [3.05, 3.63) is 48.3 Å². The van der Waals surface area contributed by atoms with Crippen molar-refractivity contribution < 1.29 is 9.53 Å². The minimum absolute atomic E-state index is 0.00685. The molecule has 0 bridgehead atoms. The van der Waals surface area contributed by atoms with E-state index in [1.165, 1.54) is 5.56 Å². The van der Waals surface area contributed by atoms with Crippen LogP contribution in [0.5, 0.6) is 5.75 Å². The molecule has 0 unspecified atom stereocenters. The van der Waals surface area contributed by atoms with Crippen molar-refractivity contribution in [3.8, 4) is 5.75 Å². The van der Waals surface area contributed by atoms with Crippen LogP contribution in [0.15, 0.2) is 42.7 Å². The highest BCUT2D eigenvalue weighted by atomic mass is 16.5. The van der Waals surface area contributed by atoms with Gasteiger partial charge in [0.2, 0.25) is 5.95 Å². The molecule has 3 rings (SSSR count). The number of carbonyl (C=O) groups excluding carboxylic acids is 1. The standard InChI is InChI=1S/C16H18N4O2/c1-12-3-5-14(6-4-12)22-11-15(21)20-9-13(10-20)19-16-17-7-2-8-18-16/h2-8,13H,9-11H2,1H3,(H,17,18,19). The van der Waals surface area contributed by atoms with E-state index < -0.39 is 0 Å². The average molecular weight is 298 g/mol. The Labute approximate surface area is 129 Å². The first-order chi connectivity index (χ1) is 10.7. The summed E-state index contributed by atoms with van der Waals surface area (Å²) in [5.74, 6) is 1.30. The van der Waals surface area contributed by atoms with Crippen LogP contribution in [-0.4, -0.2) is 46.5 Å². The molecule has 1 fully saturated rings. The lowest BCUT2D eigenvalue weighted by atomic mass is 10.1. The highest BCUT2D eigenvalue weighted by molar-refractivity contribution is 5.79. The first-order valence-electron chi connectivity index (χ1n) is 7.21. The van der Waals surface area contributed by atoms with Gasteiger partial charge in [-0.1, -0.05) is 17.7 Å². The Morgan fingerprint density at radius 3 is 2.64 bits per heavy atom. The van der Waals surface area contributed by atoms with Crippen molar-refractivity contribution in [1.29, 1.82) is 0 Å². The summed E-state index contributed by atoms with van der Waals surface area (Å²) < 4.78 is 5.50. The average Bonchev–Trinajstić information content (AvgIpc) is 2.50. The third-order valence-electron chi connectivity index (χ3n) is 3.52. The van der Waals surface area contributed by atoms with Gasteiger partial charge in [0, 0.05) is 25.5 Å². The first-order valence-corrected chi connectivity index (χ1v) is 7.21. The molecule has 0 saturated carbocycles. The molecule has 0 radical (unpaired) electrons. The quantitative estimate of drug-likeness (QED) is 0.906. The van der Waals surface area contributed by atoms with Gasteiger partial charge in [-0.25, -0.2) is 9.97 Å². The van der Waals surface area contributed by atoms with E-state index in [0.717, 1.165) is 0 Å². The fraction of sp³-hybridized carbons (Fsp3) is 0.312. The summed E-state index contributed by atoms with van der Waals surface area (Å²) in [7, 11) is 0. The fourth-order valence-corrected chi connectivity index (χ4v) is 2.20. The van der Waals surface area contributed by atoms with Crippen molar-refractivity contribution in [3.63, 3.8) is 0 Å². The number of ether oxygens (including phenoxy) is 1. The second kappa shape index (κ2) is 6.43. The van der Waals surface area contributed by atoms with E-state index in [-0.39, 0.29) is 18.6 Å². The van der Waals surface area contributed by atoms with Crippen LogP contribution < -0.4 is 10.1 Å². The maximum absolute atomic E-state index is 12.0. The molecular formula is C16H18N4O2. The van der Waals surface area contributed by atoms with Gasteiger partial charge in [0.05, 0.1) is 6.04 Å². The molecule has 6 nitrogen and oxygen atoms in total. The van der Waals surface area contributed by atoms with Crippen molar-refractivity contribution >= 4 is 11.9 Å². The zero-order valence-electron chi connectivity index (χ0n) is 12.4. The first kappa shape index (κ1) is 14.3. The van der Waals surface area contributed by atoms with E-state index in [0.29, 0.717) is 24.8 Å². The largest absolute Gasteiger partial charge is 0.484 e. The molecule has 0 aliphatic carbocycles. The highest BCUT2D eigenvalue weighted by Gasteiger charge is 2.31. The van der Waals surface area contributed by atoms with Crippen molar-refractivity contribution in [2.45, 2.75) is 13.0 Å². The molecule has 22 heavy (non-hydrogen) atoms. The van der Waals surface area contributed by atoms with Gasteiger partial charge >= 0.3 is 0 Å². The van der Waals surface area contributed by atoms with Gasteiger partial charge in [-0.2, -0.15) is 0 Å². The fourth-order valence-electron chi connectivity index (χ4n) is 2.20. The maximum atomic E-state index is 12.0. The van der Waals surface area contributed by atoms with E-state index >= 15 is 0 Å². The van der Waals surface area contributed by atoms with Crippen LogP contribution in [0.4, 0.5) is 5.95 Å². The van der Waals surface area contributed by atoms with Crippen molar-refractivity contribution in [2.24, 2.45) is 0 Å². The number of anilines is 1. The van der Waals surface area contributed by atoms with Gasteiger partial charge < -0.3 is 15.0 Å². The Morgan fingerprint density at radius 2 is 1.95 bits per heavy atom. The second-order valence-corrected chi connectivity index (χ2v) is 5.31. The third kappa shape index (κ3) is 3.52. The Hall–Kier alpha value is -2.63. The predicted molar refractivity (Wildman–Crippen MR) is 82.7 cm³/mol. The van der Waals surface area contributed by atoms with E-state index in [1.807, 2.05) is 31.2 Å². The Kier molecular flexibility index (Phi) is 4.18. The summed E-state index contributed by atoms with van der Waals surface area (Å²) in [5.41, 5.74) is 1.17. The highest BCUT2D eigenvalue weighted by Crippen LogP contribution is 2.14. The number of carbonyl (C=O) groups is 1. The molecule has 1 N–H and O–H groups in total. The number of nitrogens with one attached hydrogen (secondary N) is 1. The molecule has 6 heteroatoms. The van der Waals surface area contributed by atoms with Gasteiger partial charge in [-0.15, -0.1) is 0 Å². The molecule has 2 aromatic rings. The number of rotatable bonds is 5. The number of hydrogen-bond acceptors (Lipinski definition) is 5. The van der Waals surface area contributed by atoms with E-state index in [1.54, 1.807) is 23.4 Å². The van der Waals surface area contributed by atoms with Gasteiger partial charge in [-0.05, 0) is 25.1 Å². The van der Waals surface area contributed by atoms with Crippen molar-refractivity contribution in [1.82, 2.24) is 14.9 Å². The van der Waals surface area contributed by atoms with Crippen LogP contribution in [0.1, 0.15) is 5.56 Å². The number of amides is 1. The Morgan fingerprint density at radius 1 is 1.27 bits per heavy atom. The SMILES string of the molecule is Cc1ccc(OCC(=O)N2CC(Nc3ncccn3)C2)cc1. The van der Waals surface area contributed by atoms with Crippen LogP contribution in [-0.2, 0) is 4.79 Å². The summed E-state index contributed by atoms with van der Waals surface area (Å²) in [4.78, 5) is 22.0. The molecule has 114 valence electrons. The number of benzene rings is 1. The lowest BCUT2D eigenvalue weighted by Crippen LogP contribution is -2.58. The minimum atomic E-state index is -0.00685. The molecule has 2 heterocycles. The molecule has 1 aliphatic rings.